The van der Waals surface area contributed by atoms with E-state index >= 15 is 0 Å². The number of rotatable bonds is 3. The van der Waals surface area contributed by atoms with Gasteiger partial charge in [0.25, 0.3) is 0 Å². The average molecular weight is 147 g/mol. The summed E-state index contributed by atoms with van der Waals surface area (Å²) in [5, 5.41) is 10.6. The van der Waals surface area contributed by atoms with Crippen molar-refractivity contribution in [3.8, 4) is 0 Å². The third kappa shape index (κ3) is 10.4. The third-order valence-electron chi connectivity index (χ3n) is 0.716. The quantitative estimate of drug-likeness (QED) is 0.611. The van der Waals surface area contributed by atoms with Crippen molar-refractivity contribution < 1.29 is 9.90 Å². The molecular formula is C7H17NO2. The summed E-state index contributed by atoms with van der Waals surface area (Å²) in [7, 11) is 0. The van der Waals surface area contributed by atoms with E-state index in [0.29, 0.717) is 6.54 Å². The Hall–Kier alpha value is -0.570. The first kappa shape index (κ1) is 12.1. The molecular weight excluding hydrogens is 130 g/mol. The predicted molar refractivity (Wildman–Crippen MR) is 41.7 cm³/mol. The van der Waals surface area contributed by atoms with Gasteiger partial charge in [-0.15, -0.1) is 0 Å². The van der Waals surface area contributed by atoms with Crippen molar-refractivity contribution in [1.82, 2.24) is 5.32 Å². The minimum absolute atomic E-state index is 0.299. The second-order valence-electron chi connectivity index (χ2n) is 1.51. The fraction of sp³-hybridized carbons (Fsp3) is 0.857. The normalized spacial score (nSPS) is 7.60. The molecule has 0 saturated heterocycles. The monoisotopic (exact) mass is 147 g/mol. The van der Waals surface area contributed by atoms with Gasteiger partial charge in [-0.2, -0.15) is 0 Å². The number of amides is 1. The summed E-state index contributed by atoms with van der Waals surface area (Å²) < 4.78 is 0. The molecule has 62 valence electrons. The van der Waals surface area contributed by atoms with Gasteiger partial charge in [0.15, 0.2) is 0 Å². The molecule has 0 bridgehead atoms. The van der Waals surface area contributed by atoms with E-state index in [9.17, 15) is 4.79 Å². The third-order valence-corrected chi connectivity index (χ3v) is 0.716. The topological polar surface area (TPSA) is 49.3 Å². The van der Waals surface area contributed by atoms with Crippen molar-refractivity contribution in [2.45, 2.75) is 27.2 Å². The Balaban J connectivity index is 0. The minimum Gasteiger partial charge on any atom is -0.387 e. The molecule has 10 heavy (non-hydrogen) atoms. The smallest absolute Gasteiger partial charge is 0.245 e. The van der Waals surface area contributed by atoms with E-state index in [1.54, 1.807) is 0 Å². The van der Waals surface area contributed by atoms with E-state index in [-0.39, 0.29) is 5.91 Å². The summed E-state index contributed by atoms with van der Waals surface area (Å²) in [6.07, 6.45) is 0.908. The van der Waals surface area contributed by atoms with Crippen molar-refractivity contribution in [1.29, 1.82) is 0 Å². The van der Waals surface area contributed by atoms with Gasteiger partial charge in [0.2, 0.25) is 5.91 Å². The van der Waals surface area contributed by atoms with E-state index in [1.165, 1.54) is 0 Å². The molecule has 0 rings (SSSR count). The van der Waals surface area contributed by atoms with Gasteiger partial charge < -0.3 is 10.4 Å². The number of hydrogen-bond donors (Lipinski definition) is 2. The first-order valence-electron chi connectivity index (χ1n) is 3.68. The van der Waals surface area contributed by atoms with Crippen LogP contribution in [-0.2, 0) is 4.79 Å². The number of nitrogens with one attached hydrogen (secondary N) is 1. The SMILES string of the molecule is CC.CCCNC(=O)CO. The number of carbonyl (C=O) groups excluding carboxylic acids is 1. The minimum atomic E-state index is -0.403. The maximum absolute atomic E-state index is 10.2. The number of carbonyl (C=O) groups is 1. The fourth-order valence-corrected chi connectivity index (χ4v) is 0.320. The summed E-state index contributed by atoms with van der Waals surface area (Å²) in [6.45, 7) is 6.21. The molecule has 0 aliphatic rings. The van der Waals surface area contributed by atoms with Crippen LogP contribution in [0.25, 0.3) is 0 Å². The van der Waals surface area contributed by atoms with Crippen LogP contribution in [0.5, 0.6) is 0 Å². The number of aliphatic hydroxyl groups excluding tert-OH is 1. The van der Waals surface area contributed by atoms with Crippen LogP contribution >= 0.6 is 0 Å². The Morgan fingerprint density at radius 1 is 1.50 bits per heavy atom. The van der Waals surface area contributed by atoms with Crippen molar-refractivity contribution in [2.75, 3.05) is 13.2 Å². The van der Waals surface area contributed by atoms with Gasteiger partial charge in [0, 0.05) is 6.54 Å². The molecule has 0 atom stereocenters. The van der Waals surface area contributed by atoms with Gasteiger partial charge in [-0.25, -0.2) is 0 Å². The highest BCUT2D eigenvalue weighted by Gasteiger charge is 1.91. The molecule has 0 spiro atoms. The maximum Gasteiger partial charge on any atom is 0.245 e. The van der Waals surface area contributed by atoms with Crippen molar-refractivity contribution >= 4 is 5.91 Å². The van der Waals surface area contributed by atoms with Crippen LogP contribution in [0.1, 0.15) is 27.2 Å². The zero-order valence-corrected chi connectivity index (χ0v) is 6.98. The lowest BCUT2D eigenvalue weighted by Gasteiger charge is -1.96. The molecule has 0 aliphatic heterocycles. The summed E-state index contributed by atoms with van der Waals surface area (Å²) in [6, 6.07) is 0. The van der Waals surface area contributed by atoms with Crippen LogP contribution in [0.3, 0.4) is 0 Å². The van der Waals surface area contributed by atoms with E-state index in [0.717, 1.165) is 6.42 Å². The molecule has 2 N–H and O–H groups in total. The Labute approximate surface area is 62.4 Å². The Kier molecular flexibility index (Phi) is 13.7. The highest BCUT2D eigenvalue weighted by molar-refractivity contribution is 5.76. The van der Waals surface area contributed by atoms with Crippen molar-refractivity contribution in [3.63, 3.8) is 0 Å². The fourth-order valence-electron chi connectivity index (χ4n) is 0.320. The Morgan fingerprint density at radius 3 is 2.30 bits per heavy atom. The largest absolute Gasteiger partial charge is 0.387 e. The molecule has 3 nitrogen and oxygen atoms in total. The molecule has 0 unspecified atom stereocenters. The second kappa shape index (κ2) is 11.3. The summed E-state index contributed by atoms with van der Waals surface area (Å²) in [5.74, 6) is -0.299. The lowest BCUT2D eigenvalue weighted by molar-refractivity contribution is -0.123. The van der Waals surface area contributed by atoms with Gasteiger partial charge >= 0.3 is 0 Å². The number of aliphatic hydroxyl groups is 1. The molecule has 0 aromatic rings. The second-order valence-corrected chi connectivity index (χ2v) is 1.51. The van der Waals surface area contributed by atoms with Crippen molar-refractivity contribution in [3.05, 3.63) is 0 Å². The molecule has 0 fully saturated rings. The molecule has 3 heteroatoms. The molecule has 0 aromatic carbocycles. The lowest BCUT2D eigenvalue weighted by Crippen LogP contribution is -2.26. The molecule has 0 aliphatic carbocycles. The van der Waals surface area contributed by atoms with Crippen LogP contribution in [0.4, 0.5) is 0 Å². The Bertz CT molecular complexity index is 74.0. The number of hydrogen-bond acceptors (Lipinski definition) is 2. The van der Waals surface area contributed by atoms with E-state index in [2.05, 4.69) is 5.32 Å². The summed E-state index contributed by atoms with van der Waals surface area (Å²) in [5.41, 5.74) is 0. The van der Waals surface area contributed by atoms with Gasteiger partial charge in [-0.05, 0) is 6.42 Å². The molecule has 1 amide bonds. The molecule has 0 heterocycles. The first-order valence-corrected chi connectivity index (χ1v) is 3.68. The highest BCUT2D eigenvalue weighted by atomic mass is 16.3. The van der Waals surface area contributed by atoms with Crippen LogP contribution < -0.4 is 5.32 Å². The molecule has 0 radical (unpaired) electrons. The first-order chi connectivity index (χ1) is 4.81. The molecule has 0 aromatic heterocycles. The van der Waals surface area contributed by atoms with Crippen LogP contribution in [0.2, 0.25) is 0 Å². The van der Waals surface area contributed by atoms with E-state index < -0.39 is 6.61 Å². The van der Waals surface area contributed by atoms with Gasteiger partial charge in [-0.1, -0.05) is 20.8 Å². The zero-order valence-electron chi connectivity index (χ0n) is 6.98. The highest BCUT2D eigenvalue weighted by Crippen LogP contribution is 1.68. The van der Waals surface area contributed by atoms with Crippen LogP contribution in [0, 0.1) is 0 Å². The predicted octanol–water partition coefficient (Wildman–Crippen LogP) is 0.531. The van der Waals surface area contributed by atoms with Gasteiger partial charge in [-0.3, -0.25) is 4.79 Å². The van der Waals surface area contributed by atoms with Gasteiger partial charge in [0.1, 0.15) is 6.61 Å². The maximum atomic E-state index is 10.2. The van der Waals surface area contributed by atoms with Crippen molar-refractivity contribution in [2.24, 2.45) is 0 Å². The van der Waals surface area contributed by atoms with Crippen LogP contribution in [0.15, 0.2) is 0 Å². The van der Waals surface area contributed by atoms with E-state index in [1.807, 2.05) is 20.8 Å². The van der Waals surface area contributed by atoms with Gasteiger partial charge in [0.05, 0.1) is 0 Å². The Morgan fingerprint density at radius 2 is 2.00 bits per heavy atom. The standard InChI is InChI=1S/C5H11NO2.C2H6/c1-2-3-6-5(8)4-7;1-2/h7H,2-4H2,1H3,(H,6,8);1-2H3. The summed E-state index contributed by atoms with van der Waals surface area (Å²) >= 11 is 0. The van der Waals surface area contributed by atoms with Crippen LogP contribution in [-0.4, -0.2) is 24.2 Å². The van der Waals surface area contributed by atoms with E-state index in [4.69, 9.17) is 5.11 Å². The molecule has 0 saturated carbocycles. The lowest BCUT2D eigenvalue weighted by atomic mass is 10.5. The zero-order chi connectivity index (χ0) is 8.41. The summed E-state index contributed by atoms with van der Waals surface area (Å²) in [4.78, 5) is 10.2. The average Bonchev–Trinajstić information content (AvgIpc) is 2.04.